The molecule has 0 saturated heterocycles. The minimum absolute atomic E-state index is 0.722. The summed E-state index contributed by atoms with van der Waals surface area (Å²) in [6.45, 7) is 2.90. The molecule has 0 aliphatic rings. The van der Waals surface area contributed by atoms with Crippen molar-refractivity contribution >= 4 is 11.3 Å². The Bertz CT molecular complexity index is 1120. The van der Waals surface area contributed by atoms with Crippen molar-refractivity contribution in [2.24, 2.45) is 0 Å². The first-order chi connectivity index (χ1) is 16.2. The van der Waals surface area contributed by atoms with Gasteiger partial charge in [0, 0.05) is 28.8 Å². The maximum Gasteiger partial charge on any atom is 0.239 e. The molecule has 4 aromatic rings. The molecule has 0 aliphatic carbocycles. The van der Waals surface area contributed by atoms with Gasteiger partial charge in [-0.2, -0.15) is 0 Å². The van der Waals surface area contributed by atoms with Crippen molar-refractivity contribution in [1.82, 2.24) is 0 Å². The van der Waals surface area contributed by atoms with Crippen molar-refractivity contribution < 1.29 is 14.2 Å². The molecule has 168 valence electrons. The summed E-state index contributed by atoms with van der Waals surface area (Å²) >= 11 is 1.77. The average molecular weight is 458 g/mol. The van der Waals surface area contributed by atoms with E-state index >= 15 is 0 Å². The second kappa shape index (κ2) is 11.0. The quantitative estimate of drug-likeness (QED) is 0.187. The third kappa shape index (κ3) is 5.52. The summed E-state index contributed by atoms with van der Waals surface area (Å²) < 4.78 is 16.9. The third-order valence-corrected chi connectivity index (χ3v) is 6.64. The Labute approximate surface area is 200 Å². The molecule has 1 heterocycles. The second-order valence-corrected chi connectivity index (χ2v) is 8.81. The molecule has 0 aliphatic heterocycles. The van der Waals surface area contributed by atoms with Crippen LogP contribution in [0.5, 0.6) is 17.2 Å². The van der Waals surface area contributed by atoms with Crippen LogP contribution in [0.4, 0.5) is 0 Å². The molecule has 3 nitrogen and oxygen atoms in total. The lowest BCUT2D eigenvalue weighted by Gasteiger charge is -2.11. The fraction of sp³-hybridized carbons (Fsp3) is 0.207. The summed E-state index contributed by atoms with van der Waals surface area (Å²) in [4.78, 5) is 2.37. The third-order valence-electron chi connectivity index (χ3n) is 5.50. The van der Waals surface area contributed by atoms with Gasteiger partial charge in [-0.15, -0.1) is 0 Å². The van der Waals surface area contributed by atoms with Crippen molar-refractivity contribution in [3.8, 4) is 49.3 Å². The van der Waals surface area contributed by atoms with Gasteiger partial charge in [-0.25, -0.2) is 0 Å². The molecule has 33 heavy (non-hydrogen) atoms. The first kappa shape index (κ1) is 22.8. The SMILES string of the molecule is CCCCOc1ccccc1-c1cc(-c2ccc(OC)cc2)[s+]c(-c2ccc(OC)cc2)c1. The van der Waals surface area contributed by atoms with E-state index in [1.54, 1.807) is 25.6 Å². The van der Waals surface area contributed by atoms with E-state index in [0.717, 1.165) is 59.0 Å². The molecule has 1 aromatic heterocycles. The summed E-state index contributed by atoms with van der Waals surface area (Å²) in [6, 6.07) is 29.2. The molecule has 4 rings (SSSR count). The maximum absolute atomic E-state index is 6.15. The smallest absolute Gasteiger partial charge is 0.239 e. The van der Waals surface area contributed by atoms with E-state index in [2.05, 4.69) is 61.5 Å². The monoisotopic (exact) mass is 457 g/mol. The molecule has 0 unspecified atom stereocenters. The van der Waals surface area contributed by atoms with Gasteiger partial charge in [-0.05, 0) is 66.6 Å². The summed E-state index contributed by atoms with van der Waals surface area (Å²) in [5.74, 6) is 2.62. The number of ether oxygens (including phenoxy) is 3. The predicted octanol–water partition coefficient (Wildman–Crippen LogP) is 8.23. The van der Waals surface area contributed by atoms with Crippen LogP contribution in [0, 0.1) is 0 Å². The van der Waals surface area contributed by atoms with Gasteiger partial charge < -0.3 is 14.2 Å². The molecule has 3 aromatic carbocycles. The maximum atomic E-state index is 6.15. The van der Waals surface area contributed by atoms with Crippen molar-refractivity contribution in [3.63, 3.8) is 0 Å². The lowest BCUT2D eigenvalue weighted by atomic mass is 10.0. The number of hydrogen-bond donors (Lipinski definition) is 0. The fourth-order valence-electron chi connectivity index (χ4n) is 3.61. The Balaban J connectivity index is 1.82. The van der Waals surface area contributed by atoms with Crippen LogP contribution >= 0.6 is 11.3 Å². The zero-order valence-electron chi connectivity index (χ0n) is 19.3. The van der Waals surface area contributed by atoms with Crippen LogP contribution in [0.3, 0.4) is 0 Å². The number of methoxy groups -OCH3 is 2. The van der Waals surface area contributed by atoms with Gasteiger partial charge in [0.15, 0.2) is 0 Å². The van der Waals surface area contributed by atoms with Crippen LogP contribution < -0.4 is 14.2 Å². The van der Waals surface area contributed by atoms with Gasteiger partial charge in [-0.1, -0.05) is 31.5 Å². The topological polar surface area (TPSA) is 27.7 Å². The van der Waals surface area contributed by atoms with Crippen molar-refractivity contribution in [1.29, 1.82) is 0 Å². The molecule has 4 heteroatoms. The van der Waals surface area contributed by atoms with Gasteiger partial charge in [-0.3, -0.25) is 0 Å². The number of hydrogen-bond acceptors (Lipinski definition) is 3. The van der Waals surface area contributed by atoms with E-state index in [9.17, 15) is 0 Å². The highest BCUT2D eigenvalue weighted by molar-refractivity contribution is 7.18. The minimum Gasteiger partial charge on any atom is -0.497 e. The van der Waals surface area contributed by atoms with Crippen molar-refractivity contribution in [3.05, 3.63) is 84.9 Å². The number of para-hydroxylation sites is 1. The van der Waals surface area contributed by atoms with Crippen molar-refractivity contribution in [2.45, 2.75) is 19.8 Å². The molecular formula is C29H29O3S+. The second-order valence-electron chi connectivity index (χ2n) is 7.73. The highest BCUT2D eigenvalue weighted by atomic mass is 32.1. The number of rotatable bonds is 9. The Morgan fingerprint density at radius 3 is 1.73 bits per heavy atom. The predicted molar refractivity (Wildman–Crippen MR) is 139 cm³/mol. The standard InChI is InChI=1S/C29H29O3S/c1-4-5-18-32-27-9-7-6-8-26(27)23-19-28(21-10-14-24(30-2)15-11-21)33-29(20-23)22-12-16-25(31-3)17-13-22/h6-17,19-20H,4-5,18H2,1-3H3/q+1. The number of unbranched alkanes of at least 4 members (excludes halogenated alkanes) is 1. The minimum atomic E-state index is 0.722. The van der Waals surface area contributed by atoms with Gasteiger partial charge >= 0.3 is 0 Å². The van der Waals surface area contributed by atoms with E-state index in [4.69, 9.17) is 14.2 Å². The zero-order valence-corrected chi connectivity index (χ0v) is 20.2. The van der Waals surface area contributed by atoms with E-state index in [0.29, 0.717) is 0 Å². The summed E-state index contributed by atoms with van der Waals surface area (Å²) in [5.41, 5.74) is 4.55. The Morgan fingerprint density at radius 1 is 0.667 bits per heavy atom. The average Bonchev–Trinajstić information content (AvgIpc) is 2.89. The molecule has 0 spiro atoms. The lowest BCUT2D eigenvalue weighted by Crippen LogP contribution is -1.98. The van der Waals surface area contributed by atoms with Crippen LogP contribution in [-0.2, 0) is 0 Å². The van der Waals surface area contributed by atoms with E-state index in [-0.39, 0.29) is 0 Å². The molecular weight excluding hydrogens is 428 g/mol. The Kier molecular flexibility index (Phi) is 7.59. The highest BCUT2D eigenvalue weighted by Gasteiger charge is 2.21. The number of benzene rings is 3. The zero-order chi connectivity index (χ0) is 23.0. The van der Waals surface area contributed by atoms with Crippen LogP contribution in [0.25, 0.3) is 32.0 Å². The first-order valence-electron chi connectivity index (χ1n) is 11.2. The first-order valence-corrected chi connectivity index (χ1v) is 12.0. The van der Waals surface area contributed by atoms with E-state index in [1.165, 1.54) is 9.75 Å². The summed E-state index contributed by atoms with van der Waals surface area (Å²) in [7, 11) is 3.38. The molecule has 0 amide bonds. The Hall–Kier alpha value is -3.37. The van der Waals surface area contributed by atoms with E-state index < -0.39 is 0 Å². The van der Waals surface area contributed by atoms with Gasteiger partial charge in [0.2, 0.25) is 21.1 Å². The van der Waals surface area contributed by atoms with Gasteiger partial charge in [0.1, 0.15) is 17.2 Å². The van der Waals surface area contributed by atoms with Crippen molar-refractivity contribution in [2.75, 3.05) is 20.8 Å². The van der Waals surface area contributed by atoms with Crippen LogP contribution in [-0.4, -0.2) is 20.8 Å². The van der Waals surface area contributed by atoms with Gasteiger partial charge in [0.25, 0.3) is 0 Å². The normalized spacial score (nSPS) is 10.6. The van der Waals surface area contributed by atoms with E-state index in [1.807, 2.05) is 30.3 Å². The van der Waals surface area contributed by atoms with Crippen LogP contribution in [0.2, 0.25) is 0 Å². The summed E-state index contributed by atoms with van der Waals surface area (Å²) in [5, 5.41) is 0. The summed E-state index contributed by atoms with van der Waals surface area (Å²) in [6.07, 6.45) is 2.15. The molecule has 0 bridgehead atoms. The molecule has 0 N–H and O–H groups in total. The molecule has 0 atom stereocenters. The Morgan fingerprint density at radius 2 is 1.21 bits per heavy atom. The molecule has 0 radical (unpaired) electrons. The molecule has 0 fully saturated rings. The van der Waals surface area contributed by atoms with Gasteiger partial charge in [0.05, 0.1) is 20.8 Å². The molecule has 0 saturated carbocycles. The fourth-order valence-corrected chi connectivity index (χ4v) is 4.73. The van der Waals surface area contributed by atoms with Crippen LogP contribution in [0.1, 0.15) is 19.8 Å². The highest BCUT2D eigenvalue weighted by Crippen LogP contribution is 2.40. The van der Waals surface area contributed by atoms with Crippen LogP contribution in [0.15, 0.2) is 84.9 Å². The largest absolute Gasteiger partial charge is 0.497 e. The lowest BCUT2D eigenvalue weighted by molar-refractivity contribution is 0.310.